The van der Waals surface area contributed by atoms with Crippen molar-refractivity contribution < 1.29 is 9.90 Å². The summed E-state index contributed by atoms with van der Waals surface area (Å²) in [5.74, 6) is -1.05. The summed E-state index contributed by atoms with van der Waals surface area (Å²) in [7, 11) is 0. The number of halogens is 3. The maximum atomic E-state index is 10.6. The molecule has 0 aliphatic heterocycles. The van der Waals surface area contributed by atoms with Crippen molar-refractivity contribution in [3.05, 3.63) is 26.9 Å². The van der Waals surface area contributed by atoms with Gasteiger partial charge in [-0.1, -0.05) is 11.6 Å². The van der Waals surface area contributed by atoms with Crippen molar-refractivity contribution in [3.8, 4) is 0 Å². The molecule has 0 amide bonds. The Morgan fingerprint density at radius 3 is 2.69 bits per heavy atom. The number of nitrogens with zero attached hydrogens (tertiary/aromatic N) is 1. The van der Waals surface area contributed by atoms with Gasteiger partial charge < -0.3 is 5.11 Å². The van der Waals surface area contributed by atoms with E-state index in [2.05, 4.69) is 20.9 Å². The Labute approximate surface area is 94.7 Å². The number of rotatable bonds is 1. The Bertz CT molecular complexity index is 344. The average Bonchev–Trinajstić information content (AvgIpc) is 2.00. The fourth-order valence-electron chi connectivity index (χ4n) is 0.701. The van der Waals surface area contributed by atoms with E-state index >= 15 is 0 Å². The molecule has 0 aliphatic carbocycles. The van der Waals surface area contributed by atoms with Crippen molar-refractivity contribution in [1.82, 2.24) is 4.98 Å². The van der Waals surface area contributed by atoms with Gasteiger partial charge in [0.15, 0.2) is 0 Å². The van der Waals surface area contributed by atoms with Crippen LogP contribution in [-0.2, 0) is 0 Å². The van der Waals surface area contributed by atoms with Crippen molar-refractivity contribution in [2.45, 2.75) is 6.92 Å². The number of aromatic carboxylic acids is 1. The first-order valence-corrected chi connectivity index (χ1v) is 4.25. The highest BCUT2D eigenvalue weighted by Crippen LogP contribution is 2.27. The smallest absolute Gasteiger partial charge is 0.338 e. The summed E-state index contributed by atoms with van der Waals surface area (Å²) in [6.07, 6.45) is 1.27. The van der Waals surface area contributed by atoms with Crippen molar-refractivity contribution in [2.24, 2.45) is 0 Å². The molecule has 13 heavy (non-hydrogen) atoms. The molecular weight excluding hydrogens is 281 g/mol. The zero-order valence-corrected chi connectivity index (χ0v) is 9.70. The van der Waals surface area contributed by atoms with Crippen molar-refractivity contribution >= 4 is 45.9 Å². The van der Waals surface area contributed by atoms with Gasteiger partial charge >= 0.3 is 5.97 Å². The molecule has 0 aliphatic rings. The Morgan fingerprint density at radius 2 is 2.23 bits per heavy atom. The van der Waals surface area contributed by atoms with Gasteiger partial charge in [0.1, 0.15) is 0 Å². The fourth-order valence-corrected chi connectivity index (χ4v) is 1.41. The first-order valence-electron chi connectivity index (χ1n) is 3.08. The number of carboxylic acid groups (broad SMARTS) is 1. The molecule has 0 fully saturated rings. The highest BCUT2D eigenvalue weighted by atomic mass is 79.9. The van der Waals surface area contributed by atoms with Crippen LogP contribution in [0.1, 0.15) is 16.1 Å². The van der Waals surface area contributed by atoms with Gasteiger partial charge in [-0.05, 0) is 22.9 Å². The third kappa shape index (κ3) is 2.56. The third-order valence-corrected chi connectivity index (χ3v) is 2.88. The molecule has 6 heteroatoms. The van der Waals surface area contributed by atoms with Gasteiger partial charge in [-0.15, -0.1) is 12.4 Å². The van der Waals surface area contributed by atoms with Gasteiger partial charge in [0, 0.05) is 6.20 Å². The van der Waals surface area contributed by atoms with Crippen molar-refractivity contribution in [1.29, 1.82) is 0 Å². The van der Waals surface area contributed by atoms with Gasteiger partial charge in [-0.25, -0.2) is 4.79 Å². The molecule has 0 aromatic carbocycles. The maximum absolute atomic E-state index is 10.6. The van der Waals surface area contributed by atoms with E-state index in [0.29, 0.717) is 15.2 Å². The number of aryl methyl sites for hydroxylation is 1. The molecule has 0 saturated heterocycles. The lowest BCUT2D eigenvalue weighted by Gasteiger charge is -2.02. The van der Waals surface area contributed by atoms with Crippen LogP contribution in [0.2, 0.25) is 5.02 Å². The number of aromatic nitrogens is 1. The molecular formula is C7H6BrCl2NO2. The highest BCUT2D eigenvalue weighted by molar-refractivity contribution is 9.10. The van der Waals surface area contributed by atoms with Crippen LogP contribution in [0.15, 0.2) is 10.7 Å². The van der Waals surface area contributed by atoms with Crippen LogP contribution in [0.5, 0.6) is 0 Å². The predicted molar refractivity (Wildman–Crippen MR) is 55.9 cm³/mol. The molecule has 0 radical (unpaired) electrons. The highest BCUT2D eigenvalue weighted by Gasteiger charge is 2.13. The van der Waals surface area contributed by atoms with E-state index in [1.165, 1.54) is 6.20 Å². The molecule has 0 spiro atoms. The fraction of sp³-hybridized carbons (Fsp3) is 0.143. The van der Waals surface area contributed by atoms with Gasteiger partial charge in [-0.3, -0.25) is 4.98 Å². The van der Waals surface area contributed by atoms with Crippen LogP contribution in [0.3, 0.4) is 0 Å². The second-order valence-electron chi connectivity index (χ2n) is 2.19. The molecule has 3 nitrogen and oxygen atoms in total. The van der Waals surface area contributed by atoms with E-state index in [-0.39, 0.29) is 18.0 Å². The molecule has 0 saturated carbocycles. The quantitative estimate of drug-likeness (QED) is 0.864. The first-order chi connectivity index (χ1) is 5.54. The van der Waals surface area contributed by atoms with E-state index in [1.54, 1.807) is 6.92 Å². The van der Waals surface area contributed by atoms with E-state index in [0.717, 1.165) is 0 Å². The second kappa shape index (κ2) is 4.79. The lowest BCUT2D eigenvalue weighted by molar-refractivity contribution is 0.0695. The molecule has 1 aromatic rings. The Morgan fingerprint density at radius 1 is 1.69 bits per heavy atom. The minimum absolute atomic E-state index is 0. The van der Waals surface area contributed by atoms with Crippen LogP contribution in [0, 0.1) is 6.92 Å². The zero-order valence-electron chi connectivity index (χ0n) is 6.54. The zero-order chi connectivity index (χ0) is 9.30. The normalized spacial score (nSPS) is 9.15. The van der Waals surface area contributed by atoms with E-state index in [1.807, 2.05) is 0 Å². The number of hydrogen-bond donors (Lipinski definition) is 1. The minimum atomic E-state index is -1.05. The number of hydrogen-bond acceptors (Lipinski definition) is 2. The monoisotopic (exact) mass is 285 g/mol. The van der Waals surface area contributed by atoms with Crippen LogP contribution >= 0.6 is 39.9 Å². The van der Waals surface area contributed by atoms with Crippen LogP contribution in [0.25, 0.3) is 0 Å². The summed E-state index contributed by atoms with van der Waals surface area (Å²) < 4.78 is 0.379. The molecule has 0 bridgehead atoms. The third-order valence-electron chi connectivity index (χ3n) is 1.36. The van der Waals surface area contributed by atoms with E-state index < -0.39 is 5.97 Å². The van der Waals surface area contributed by atoms with Gasteiger partial charge in [0.2, 0.25) is 0 Å². The molecule has 1 heterocycles. The van der Waals surface area contributed by atoms with Gasteiger partial charge in [0.05, 0.1) is 20.8 Å². The lowest BCUT2D eigenvalue weighted by atomic mass is 10.2. The molecule has 0 atom stereocenters. The first kappa shape index (κ1) is 12.7. The molecule has 0 unspecified atom stereocenters. The molecule has 1 N–H and O–H groups in total. The van der Waals surface area contributed by atoms with E-state index in [9.17, 15) is 4.79 Å². The van der Waals surface area contributed by atoms with Crippen molar-refractivity contribution in [2.75, 3.05) is 0 Å². The number of carboxylic acids is 1. The summed E-state index contributed by atoms with van der Waals surface area (Å²) in [5.41, 5.74) is 0.680. The minimum Gasteiger partial charge on any atom is -0.478 e. The summed E-state index contributed by atoms with van der Waals surface area (Å²) in [4.78, 5) is 14.4. The second-order valence-corrected chi connectivity index (χ2v) is 3.36. The lowest BCUT2D eigenvalue weighted by Crippen LogP contribution is -2.00. The van der Waals surface area contributed by atoms with Gasteiger partial charge in [0.25, 0.3) is 0 Å². The molecule has 72 valence electrons. The van der Waals surface area contributed by atoms with Crippen LogP contribution in [0.4, 0.5) is 0 Å². The number of carbonyl (C=O) groups is 1. The summed E-state index contributed by atoms with van der Waals surface area (Å²) in [6.45, 7) is 1.71. The Balaban J connectivity index is 0.00000144. The largest absolute Gasteiger partial charge is 0.478 e. The Kier molecular flexibility index (Phi) is 4.67. The van der Waals surface area contributed by atoms with E-state index in [4.69, 9.17) is 16.7 Å². The average molecular weight is 287 g/mol. The summed E-state index contributed by atoms with van der Waals surface area (Å²) in [5, 5.41) is 8.99. The standard InChI is InChI=1S/C7H5BrClNO2.ClH/c1-3-6(9)5(8)4(2-10-3)7(11)12;/h2H,1H3,(H,11,12);1H. The van der Waals surface area contributed by atoms with Gasteiger partial charge in [-0.2, -0.15) is 0 Å². The molecule has 1 rings (SSSR count). The Hall–Kier alpha value is -0.320. The topological polar surface area (TPSA) is 50.2 Å². The van der Waals surface area contributed by atoms with Crippen LogP contribution in [-0.4, -0.2) is 16.1 Å². The summed E-state index contributed by atoms with van der Waals surface area (Å²) >= 11 is 8.83. The maximum Gasteiger partial charge on any atom is 0.338 e. The van der Waals surface area contributed by atoms with Crippen LogP contribution < -0.4 is 0 Å². The summed E-state index contributed by atoms with van der Waals surface area (Å²) in [6, 6.07) is 0. The number of pyridine rings is 1. The SMILES string of the molecule is Cc1ncc(C(=O)O)c(Br)c1Cl.Cl. The van der Waals surface area contributed by atoms with Crippen molar-refractivity contribution in [3.63, 3.8) is 0 Å². The molecule has 1 aromatic heterocycles. The predicted octanol–water partition coefficient (Wildman–Crippen LogP) is 2.93.